The number of para-hydroxylation sites is 1. The van der Waals surface area contributed by atoms with Crippen LogP contribution in [0.15, 0.2) is 258 Å². The van der Waals surface area contributed by atoms with Crippen molar-refractivity contribution in [2.45, 2.75) is 5.41 Å². The van der Waals surface area contributed by atoms with Crippen molar-refractivity contribution in [3.8, 4) is 33.4 Å². The van der Waals surface area contributed by atoms with Crippen LogP contribution in [0.3, 0.4) is 0 Å². The molecule has 0 N–H and O–H groups in total. The SMILES string of the molecule is c1ccc(-c2ccc(N(c3ccc4c(c3)C(c3ccccc3)(c3ccccc3)c3ccccc3-4)c3ccc4c(c3)oc3c(-c5ccc6ccccc6c5)c5c(cc34)oc3ccccc35)cc2)cc1. The van der Waals surface area contributed by atoms with Gasteiger partial charge < -0.3 is 13.7 Å². The molecule has 13 aromatic rings. The highest BCUT2D eigenvalue weighted by Crippen LogP contribution is 2.57. The summed E-state index contributed by atoms with van der Waals surface area (Å²) in [5.41, 5.74) is 17.9. The molecule has 14 rings (SSSR count). The second-order valence-electron chi connectivity index (χ2n) is 17.9. The number of fused-ring (bicyclic) bond motifs is 10. The number of hydrogen-bond donors (Lipinski definition) is 0. The predicted octanol–water partition coefficient (Wildman–Crippen LogP) is 17.8. The summed E-state index contributed by atoms with van der Waals surface area (Å²) < 4.78 is 13.9. The average molecular weight is 868 g/mol. The van der Waals surface area contributed by atoms with Crippen LogP contribution in [0.5, 0.6) is 0 Å². The summed E-state index contributed by atoms with van der Waals surface area (Å²) in [6, 6.07) is 89.9. The van der Waals surface area contributed by atoms with Crippen molar-refractivity contribution in [2.75, 3.05) is 4.90 Å². The molecule has 1 aliphatic rings. The maximum atomic E-state index is 7.21. The lowest BCUT2D eigenvalue weighted by molar-refractivity contribution is 0.664. The summed E-state index contributed by atoms with van der Waals surface area (Å²) in [5.74, 6) is 0. The molecular formula is C65H41NO2. The van der Waals surface area contributed by atoms with Gasteiger partial charge in [-0.1, -0.05) is 188 Å². The standard InChI is InChI=1S/C65H41NO2/c1-4-16-42(17-5-1)44-30-32-49(33-31-44)66(50-34-36-53-52-24-12-14-26-57(52)65(58(53)39-50,47-20-6-2-7-21-47)48-22-8-3-9-23-48)51-35-37-54-56-41-61-63(55-25-13-15-27-59(55)67-61)62(64(56)68-60(54)40-51)46-29-28-43-18-10-11-19-45(43)38-46/h1-41H. The molecule has 68 heavy (non-hydrogen) atoms. The molecule has 0 bridgehead atoms. The van der Waals surface area contributed by atoms with Crippen molar-refractivity contribution in [1.82, 2.24) is 0 Å². The van der Waals surface area contributed by atoms with E-state index < -0.39 is 5.41 Å². The van der Waals surface area contributed by atoms with Gasteiger partial charge in [0.2, 0.25) is 0 Å². The summed E-state index contributed by atoms with van der Waals surface area (Å²) in [6.45, 7) is 0. The van der Waals surface area contributed by atoms with Gasteiger partial charge in [-0.15, -0.1) is 0 Å². The Bertz CT molecular complexity index is 4030. The average Bonchev–Trinajstić information content (AvgIpc) is 4.06. The number of hydrogen-bond acceptors (Lipinski definition) is 3. The number of furan rings is 2. The van der Waals surface area contributed by atoms with Crippen LogP contribution in [-0.2, 0) is 5.41 Å². The van der Waals surface area contributed by atoms with Crippen molar-refractivity contribution in [1.29, 1.82) is 0 Å². The molecule has 3 heteroatoms. The molecule has 0 radical (unpaired) electrons. The summed E-state index contributed by atoms with van der Waals surface area (Å²) in [5, 5.41) is 6.55. The highest BCUT2D eigenvalue weighted by molar-refractivity contribution is 6.24. The first-order chi connectivity index (χ1) is 33.7. The molecule has 2 aromatic heterocycles. The lowest BCUT2D eigenvalue weighted by Gasteiger charge is -2.35. The summed E-state index contributed by atoms with van der Waals surface area (Å²) in [6.07, 6.45) is 0. The van der Waals surface area contributed by atoms with Crippen molar-refractivity contribution in [3.05, 3.63) is 271 Å². The van der Waals surface area contributed by atoms with Gasteiger partial charge in [-0.05, 0) is 115 Å². The van der Waals surface area contributed by atoms with Crippen molar-refractivity contribution in [3.63, 3.8) is 0 Å². The van der Waals surface area contributed by atoms with E-state index in [9.17, 15) is 0 Å². The first-order valence-corrected chi connectivity index (χ1v) is 23.3. The molecule has 0 aliphatic heterocycles. The van der Waals surface area contributed by atoms with E-state index in [1.54, 1.807) is 0 Å². The quantitative estimate of drug-likeness (QED) is 0.160. The molecule has 0 amide bonds. The Kier molecular flexibility index (Phi) is 8.50. The Morgan fingerprint density at radius 1 is 0.324 bits per heavy atom. The Morgan fingerprint density at radius 3 is 1.72 bits per heavy atom. The number of anilines is 3. The summed E-state index contributed by atoms with van der Waals surface area (Å²) in [7, 11) is 0. The summed E-state index contributed by atoms with van der Waals surface area (Å²) in [4.78, 5) is 2.38. The van der Waals surface area contributed by atoms with Gasteiger partial charge in [-0.25, -0.2) is 0 Å². The Labute approximate surface area is 393 Å². The Balaban J connectivity index is 1.01. The van der Waals surface area contributed by atoms with E-state index >= 15 is 0 Å². The van der Waals surface area contributed by atoms with Gasteiger partial charge in [0, 0.05) is 50.2 Å². The number of benzene rings is 11. The van der Waals surface area contributed by atoms with Gasteiger partial charge in [0.05, 0.1) is 5.41 Å². The first kappa shape index (κ1) is 38.4. The van der Waals surface area contributed by atoms with Gasteiger partial charge in [0.25, 0.3) is 0 Å². The molecule has 318 valence electrons. The molecule has 0 unspecified atom stereocenters. The van der Waals surface area contributed by atoms with E-state index in [1.807, 2.05) is 12.1 Å². The molecule has 0 saturated carbocycles. The molecular weight excluding hydrogens is 827 g/mol. The van der Waals surface area contributed by atoms with Crippen molar-refractivity contribution >= 4 is 71.7 Å². The van der Waals surface area contributed by atoms with Crippen molar-refractivity contribution in [2.24, 2.45) is 0 Å². The fraction of sp³-hybridized carbons (Fsp3) is 0.0154. The van der Waals surface area contributed by atoms with E-state index in [0.29, 0.717) is 0 Å². The van der Waals surface area contributed by atoms with Crippen LogP contribution >= 0.6 is 0 Å². The first-order valence-electron chi connectivity index (χ1n) is 23.3. The van der Waals surface area contributed by atoms with Crippen LogP contribution in [0.2, 0.25) is 0 Å². The monoisotopic (exact) mass is 867 g/mol. The topological polar surface area (TPSA) is 29.5 Å². The minimum absolute atomic E-state index is 0.545. The molecule has 0 fully saturated rings. The molecule has 3 nitrogen and oxygen atoms in total. The van der Waals surface area contributed by atoms with Crippen LogP contribution in [-0.4, -0.2) is 0 Å². The van der Waals surface area contributed by atoms with E-state index in [1.165, 1.54) is 49.7 Å². The minimum Gasteiger partial charge on any atom is -0.456 e. The maximum absolute atomic E-state index is 7.21. The van der Waals surface area contributed by atoms with Crippen LogP contribution in [0.4, 0.5) is 17.1 Å². The molecule has 2 heterocycles. The lowest BCUT2D eigenvalue weighted by Crippen LogP contribution is -2.28. The third-order valence-corrected chi connectivity index (χ3v) is 14.3. The fourth-order valence-electron chi connectivity index (χ4n) is 11.3. The van der Waals surface area contributed by atoms with Crippen LogP contribution in [0.25, 0.3) is 88.0 Å². The van der Waals surface area contributed by atoms with Gasteiger partial charge in [-0.3, -0.25) is 0 Å². The predicted molar refractivity (Wildman–Crippen MR) is 281 cm³/mol. The van der Waals surface area contributed by atoms with Crippen LogP contribution in [0, 0.1) is 0 Å². The maximum Gasteiger partial charge on any atom is 0.144 e. The smallest absolute Gasteiger partial charge is 0.144 e. The highest BCUT2D eigenvalue weighted by atomic mass is 16.3. The van der Waals surface area contributed by atoms with Crippen molar-refractivity contribution < 1.29 is 8.83 Å². The zero-order valence-corrected chi connectivity index (χ0v) is 36.9. The second kappa shape index (κ2) is 15.1. The van der Waals surface area contributed by atoms with Gasteiger partial charge in [-0.2, -0.15) is 0 Å². The highest BCUT2D eigenvalue weighted by Gasteiger charge is 2.46. The van der Waals surface area contributed by atoms with Crippen LogP contribution < -0.4 is 4.90 Å². The molecule has 0 saturated heterocycles. The fourth-order valence-corrected chi connectivity index (χ4v) is 11.3. The number of nitrogens with zero attached hydrogens (tertiary/aromatic N) is 1. The zero-order chi connectivity index (χ0) is 44.8. The second-order valence-corrected chi connectivity index (χ2v) is 17.9. The Hall–Kier alpha value is -8.92. The molecule has 11 aromatic carbocycles. The van der Waals surface area contributed by atoms with E-state index in [0.717, 1.165) is 77.6 Å². The largest absolute Gasteiger partial charge is 0.456 e. The summed E-state index contributed by atoms with van der Waals surface area (Å²) >= 11 is 0. The van der Waals surface area contributed by atoms with Gasteiger partial charge >= 0.3 is 0 Å². The third kappa shape index (κ3) is 5.72. The van der Waals surface area contributed by atoms with E-state index in [4.69, 9.17) is 8.83 Å². The molecule has 1 aliphatic carbocycles. The van der Waals surface area contributed by atoms with Gasteiger partial charge in [0.1, 0.15) is 22.3 Å². The van der Waals surface area contributed by atoms with E-state index in [2.05, 4.69) is 241 Å². The third-order valence-electron chi connectivity index (χ3n) is 14.3. The zero-order valence-electron chi connectivity index (χ0n) is 36.9. The van der Waals surface area contributed by atoms with E-state index in [-0.39, 0.29) is 0 Å². The molecule has 0 spiro atoms. The molecule has 0 atom stereocenters. The number of rotatable bonds is 7. The minimum atomic E-state index is -0.545. The Morgan fingerprint density at radius 2 is 0.926 bits per heavy atom. The van der Waals surface area contributed by atoms with Gasteiger partial charge in [0.15, 0.2) is 0 Å². The lowest BCUT2D eigenvalue weighted by atomic mass is 9.67. The van der Waals surface area contributed by atoms with Crippen LogP contribution in [0.1, 0.15) is 22.3 Å². The normalized spacial score (nSPS) is 12.8.